The van der Waals surface area contributed by atoms with Crippen LogP contribution in [0.5, 0.6) is 5.75 Å². The van der Waals surface area contributed by atoms with Gasteiger partial charge in [0.15, 0.2) is 0 Å². The van der Waals surface area contributed by atoms with Crippen LogP contribution in [0.25, 0.3) is 11.0 Å². The number of nitrogens with zero attached hydrogens (tertiary/aromatic N) is 1. The molecule has 20 heavy (non-hydrogen) atoms. The third kappa shape index (κ3) is 2.51. The highest BCUT2D eigenvalue weighted by atomic mass is 16.5. The molecular weight excluding hydrogens is 250 g/mol. The Hall–Kier alpha value is -2.33. The maximum atomic E-state index is 5.65. The summed E-state index contributed by atoms with van der Waals surface area (Å²) >= 11 is 0. The Labute approximate surface area is 117 Å². The fourth-order valence-electron chi connectivity index (χ4n) is 2.26. The molecule has 0 aliphatic rings. The Morgan fingerprint density at radius 3 is 2.55 bits per heavy atom. The van der Waals surface area contributed by atoms with Crippen LogP contribution in [0.2, 0.25) is 0 Å². The third-order valence-corrected chi connectivity index (χ3v) is 3.36. The van der Waals surface area contributed by atoms with E-state index in [1.165, 1.54) is 5.56 Å². The van der Waals surface area contributed by atoms with E-state index in [2.05, 4.69) is 28.2 Å². The lowest BCUT2D eigenvalue weighted by Gasteiger charge is -2.01. The lowest BCUT2D eigenvalue weighted by Crippen LogP contribution is -1.95. The Kier molecular flexibility index (Phi) is 3.39. The molecule has 0 saturated heterocycles. The Morgan fingerprint density at radius 2 is 1.85 bits per heavy atom. The molecule has 2 aromatic carbocycles. The van der Waals surface area contributed by atoms with Gasteiger partial charge in [-0.05, 0) is 35.4 Å². The molecule has 1 aromatic heterocycles. The van der Waals surface area contributed by atoms with Crippen molar-refractivity contribution < 1.29 is 4.74 Å². The Morgan fingerprint density at radius 1 is 1.10 bits per heavy atom. The van der Waals surface area contributed by atoms with Crippen molar-refractivity contribution in [3.63, 3.8) is 0 Å². The van der Waals surface area contributed by atoms with Gasteiger partial charge in [0.2, 0.25) is 0 Å². The molecule has 3 N–H and O–H groups in total. The lowest BCUT2D eigenvalue weighted by atomic mass is 10.1. The number of aromatic amines is 1. The zero-order valence-electron chi connectivity index (χ0n) is 11.4. The summed E-state index contributed by atoms with van der Waals surface area (Å²) in [6.45, 7) is 0.544. The van der Waals surface area contributed by atoms with Crippen molar-refractivity contribution >= 4 is 11.0 Å². The summed E-state index contributed by atoms with van der Waals surface area (Å²) in [5.41, 5.74) is 9.97. The summed E-state index contributed by atoms with van der Waals surface area (Å²) < 4.78 is 5.16. The first kappa shape index (κ1) is 12.7. The fourth-order valence-corrected chi connectivity index (χ4v) is 2.26. The van der Waals surface area contributed by atoms with Crippen molar-refractivity contribution in [2.24, 2.45) is 5.73 Å². The smallest absolute Gasteiger partial charge is 0.118 e. The van der Waals surface area contributed by atoms with E-state index < -0.39 is 0 Å². The van der Waals surface area contributed by atoms with E-state index in [1.54, 1.807) is 7.11 Å². The molecule has 3 aromatic rings. The first-order valence-electron chi connectivity index (χ1n) is 6.59. The van der Waals surface area contributed by atoms with Crippen molar-refractivity contribution in [3.8, 4) is 5.75 Å². The number of imidazole rings is 1. The minimum absolute atomic E-state index is 0.544. The van der Waals surface area contributed by atoms with E-state index >= 15 is 0 Å². The van der Waals surface area contributed by atoms with Gasteiger partial charge in [0.25, 0.3) is 0 Å². The molecule has 0 radical (unpaired) electrons. The molecule has 4 nitrogen and oxygen atoms in total. The SMILES string of the molecule is COc1ccc(Cc2nc3ccc(CN)cc3[nH]2)cc1. The van der Waals surface area contributed by atoms with Gasteiger partial charge in [-0.25, -0.2) is 4.98 Å². The molecule has 0 aliphatic carbocycles. The molecule has 0 unspecified atom stereocenters. The molecule has 0 spiro atoms. The van der Waals surface area contributed by atoms with Gasteiger partial charge in [0.1, 0.15) is 11.6 Å². The van der Waals surface area contributed by atoms with Crippen molar-refractivity contribution in [1.29, 1.82) is 0 Å². The predicted molar refractivity (Wildman–Crippen MR) is 79.8 cm³/mol. The summed E-state index contributed by atoms with van der Waals surface area (Å²) in [5, 5.41) is 0. The van der Waals surface area contributed by atoms with Crippen molar-refractivity contribution in [3.05, 3.63) is 59.4 Å². The van der Waals surface area contributed by atoms with Crippen molar-refractivity contribution in [2.45, 2.75) is 13.0 Å². The van der Waals surface area contributed by atoms with Gasteiger partial charge in [-0.15, -0.1) is 0 Å². The van der Waals surface area contributed by atoms with E-state index in [1.807, 2.05) is 24.3 Å². The number of hydrogen-bond donors (Lipinski definition) is 2. The van der Waals surface area contributed by atoms with Crippen LogP contribution in [0, 0.1) is 0 Å². The minimum Gasteiger partial charge on any atom is -0.497 e. The average molecular weight is 267 g/mol. The number of nitrogens with two attached hydrogens (primary N) is 1. The van der Waals surface area contributed by atoms with E-state index in [9.17, 15) is 0 Å². The van der Waals surface area contributed by atoms with Gasteiger partial charge in [-0.1, -0.05) is 18.2 Å². The normalized spacial score (nSPS) is 10.9. The minimum atomic E-state index is 0.544. The van der Waals surface area contributed by atoms with E-state index in [4.69, 9.17) is 10.5 Å². The summed E-state index contributed by atoms with van der Waals surface area (Å²) in [6.07, 6.45) is 0.774. The highest BCUT2D eigenvalue weighted by Gasteiger charge is 2.04. The largest absolute Gasteiger partial charge is 0.497 e. The van der Waals surface area contributed by atoms with Gasteiger partial charge in [-0.2, -0.15) is 0 Å². The van der Waals surface area contributed by atoms with Crippen LogP contribution in [0.1, 0.15) is 17.0 Å². The van der Waals surface area contributed by atoms with Crippen molar-refractivity contribution in [2.75, 3.05) is 7.11 Å². The topological polar surface area (TPSA) is 63.9 Å². The zero-order chi connectivity index (χ0) is 13.9. The highest BCUT2D eigenvalue weighted by molar-refractivity contribution is 5.75. The molecule has 0 amide bonds. The summed E-state index contributed by atoms with van der Waals surface area (Å²) in [6, 6.07) is 14.1. The molecule has 0 atom stereocenters. The number of aromatic nitrogens is 2. The summed E-state index contributed by atoms with van der Waals surface area (Å²) in [4.78, 5) is 7.95. The number of rotatable bonds is 4. The highest BCUT2D eigenvalue weighted by Crippen LogP contribution is 2.17. The second-order valence-corrected chi connectivity index (χ2v) is 4.76. The molecule has 4 heteroatoms. The van der Waals surface area contributed by atoms with Crippen LogP contribution in [0.4, 0.5) is 0 Å². The second-order valence-electron chi connectivity index (χ2n) is 4.76. The van der Waals surface area contributed by atoms with Crippen LogP contribution in [0.15, 0.2) is 42.5 Å². The standard InChI is InChI=1S/C16H17N3O/c1-20-13-5-2-11(3-6-13)9-16-18-14-7-4-12(10-17)8-15(14)19-16/h2-8H,9-10,17H2,1H3,(H,18,19). The molecule has 0 fully saturated rings. The van der Waals surface area contributed by atoms with Crippen LogP contribution < -0.4 is 10.5 Å². The third-order valence-electron chi connectivity index (χ3n) is 3.36. The molecule has 102 valence electrons. The number of benzene rings is 2. The van der Waals surface area contributed by atoms with Crippen LogP contribution >= 0.6 is 0 Å². The quantitative estimate of drug-likeness (QED) is 0.763. The molecule has 0 bridgehead atoms. The number of H-pyrrole nitrogens is 1. The molecule has 0 aliphatic heterocycles. The molecule has 0 saturated carbocycles. The van der Waals surface area contributed by atoms with E-state index in [0.717, 1.165) is 34.6 Å². The average Bonchev–Trinajstić information content (AvgIpc) is 2.89. The number of hydrogen-bond acceptors (Lipinski definition) is 3. The van der Waals surface area contributed by atoms with Gasteiger partial charge < -0.3 is 15.5 Å². The van der Waals surface area contributed by atoms with Gasteiger partial charge in [-0.3, -0.25) is 0 Å². The molecular formula is C16H17N3O. The summed E-state index contributed by atoms with van der Waals surface area (Å²) in [7, 11) is 1.67. The van der Waals surface area contributed by atoms with E-state index in [-0.39, 0.29) is 0 Å². The number of nitrogens with one attached hydrogen (secondary N) is 1. The first-order valence-corrected chi connectivity index (χ1v) is 6.59. The van der Waals surface area contributed by atoms with Crippen LogP contribution in [-0.2, 0) is 13.0 Å². The predicted octanol–water partition coefficient (Wildman–Crippen LogP) is 2.62. The number of methoxy groups -OCH3 is 1. The van der Waals surface area contributed by atoms with Crippen LogP contribution in [0.3, 0.4) is 0 Å². The van der Waals surface area contributed by atoms with Crippen LogP contribution in [-0.4, -0.2) is 17.1 Å². The van der Waals surface area contributed by atoms with Gasteiger partial charge in [0.05, 0.1) is 18.1 Å². The number of ether oxygens (including phenoxy) is 1. The Bertz CT molecular complexity index is 716. The molecule has 1 heterocycles. The Balaban J connectivity index is 1.86. The van der Waals surface area contributed by atoms with E-state index in [0.29, 0.717) is 6.54 Å². The van der Waals surface area contributed by atoms with Gasteiger partial charge in [0, 0.05) is 13.0 Å². The zero-order valence-corrected chi connectivity index (χ0v) is 11.4. The lowest BCUT2D eigenvalue weighted by molar-refractivity contribution is 0.414. The maximum Gasteiger partial charge on any atom is 0.118 e. The number of fused-ring (bicyclic) bond motifs is 1. The summed E-state index contributed by atoms with van der Waals surface area (Å²) in [5.74, 6) is 1.82. The van der Waals surface area contributed by atoms with Gasteiger partial charge >= 0.3 is 0 Å². The maximum absolute atomic E-state index is 5.65. The molecule has 3 rings (SSSR count). The second kappa shape index (κ2) is 5.35. The monoisotopic (exact) mass is 267 g/mol. The van der Waals surface area contributed by atoms with Crippen molar-refractivity contribution in [1.82, 2.24) is 9.97 Å². The fraction of sp³-hybridized carbons (Fsp3) is 0.188. The first-order chi connectivity index (χ1) is 9.78.